The van der Waals surface area contributed by atoms with Gasteiger partial charge in [0.05, 0.1) is 32.9 Å². The summed E-state index contributed by atoms with van der Waals surface area (Å²) < 4.78 is 9.42. The molecule has 204 valence electrons. The summed E-state index contributed by atoms with van der Waals surface area (Å²) in [5, 5.41) is 11.1. The molecule has 0 aliphatic carbocycles. The second-order valence-corrected chi connectivity index (χ2v) is 11.3. The predicted molar refractivity (Wildman–Crippen MR) is 156 cm³/mol. The van der Waals surface area contributed by atoms with E-state index in [0.717, 1.165) is 21.8 Å². The molecular formula is C29H26N4O5S2. The Labute approximate surface area is 237 Å². The number of nitro benzene ring substituents is 1. The number of carbonyl (C=O) groups is 1. The van der Waals surface area contributed by atoms with Crippen LogP contribution in [0.4, 0.5) is 5.69 Å². The van der Waals surface area contributed by atoms with Gasteiger partial charge >= 0.3 is 5.97 Å². The summed E-state index contributed by atoms with van der Waals surface area (Å²) in [6.45, 7) is 5.33. The first kappa shape index (κ1) is 27.4. The Bertz CT molecular complexity index is 1810. The molecule has 1 atom stereocenters. The molecular weight excluding hydrogens is 548 g/mol. The molecule has 0 radical (unpaired) electrons. The number of aromatic nitrogens is 2. The van der Waals surface area contributed by atoms with Crippen LogP contribution in [0.3, 0.4) is 0 Å². The van der Waals surface area contributed by atoms with Crippen LogP contribution in [-0.2, 0) is 9.53 Å². The minimum Gasteiger partial charge on any atom is -0.459 e. The van der Waals surface area contributed by atoms with E-state index in [0.29, 0.717) is 20.6 Å². The van der Waals surface area contributed by atoms with E-state index in [9.17, 15) is 19.7 Å². The predicted octanol–water partition coefficient (Wildman–Crippen LogP) is 4.61. The van der Waals surface area contributed by atoms with Crippen molar-refractivity contribution in [1.82, 2.24) is 9.13 Å². The molecule has 2 aromatic carbocycles. The number of thiazole rings is 1. The highest BCUT2D eigenvalue weighted by molar-refractivity contribution is 7.98. The molecule has 40 heavy (non-hydrogen) atoms. The SMILES string of the molecule is CSc1ccc([C@H]2C(C(=O)OC(C)C)=C(C)N=c3s/c(=C\c4cccn4-c4ccc([N+](=O)[O-])cc4)c(=O)n32)cc1. The lowest BCUT2D eigenvalue weighted by atomic mass is 9.96. The van der Waals surface area contributed by atoms with Crippen molar-refractivity contribution in [2.24, 2.45) is 4.99 Å². The number of esters is 1. The van der Waals surface area contributed by atoms with Gasteiger partial charge in [-0.05, 0) is 75.1 Å². The van der Waals surface area contributed by atoms with Gasteiger partial charge in [0.2, 0.25) is 0 Å². The summed E-state index contributed by atoms with van der Waals surface area (Å²) >= 11 is 2.85. The molecule has 4 aromatic rings. The van der Waals surface area contributed by atoms with Crippen LogP contribution in [0.5, 0.6) is 0 Å². The summed E-state index contributed by atoms with van der Waals surface area (Å²) in [4.78, 5) is 44.0. The van der Waals surface area contributed by atoms with E-state index >= 15 is 0 Å². The maximum atomic E-state index is 13.9. The molecule has 0 fully saturated rings. The number of fused-ring (bicyclic) bond motifs is 1. The normalized spacial score (nSPS) is 15.2. The van der Waals surface area contributed by atoms with Crippen molar-refractivity contribution in [1.29, 1.82) is 0 Å². The van der Waals surface area contributed by atoms with Gasteiger partial charge in [-0.1, -0.05) is 23.5 Å². The highest BCUT2D eigenvalue weighted by Gasteiger charge is 2.33. The number of allylic oxidation sites excluding steroid dienone is 1. The van der Waals surface area contributed by atoms with Crippen molar-refractivity contribution in [2.45, 2.75) is 37.8 Å². The molecule has 3 heterocycles. The third-order valence-electron chi connectivity index (χ3n) is 6.41. The molecule has 0 saturated heterocycles. The average Bonchev–Trinajstić information content (AvgIpc) is 3.51. The number of carbonyl (C=O) groups excluding carboxylic acids is 1. The zero-order chi connectivity index (χ0) is 28.6. The Kier molecular flexibility index (Phi) is 7.59. The third kappa shape index (κ3) is 5.17. The lowest BCUT2D eigenvalue weighted by molar-refractivity contribution is -0.384. The number of thioether (sulfide) groups is 1. The third-order valence-corrected chi connectivity index (χ3v) is 8.14. The van der Waals surface area contributed by atoms with Crippen LogP contribution in [0.15, 0.2) is 92.8 Å². The monoisotopic (exact) mass is 574 g/mol. The zero-order valence-electron chi connectivity index (χ0n) is 22.2. The van der Waals surface area contributed by atoms with Crippen molar-refractivity contribution in [2.75, 3.05) is 6.26 Å². The molecule has 11 heteroatoms. The maximum Gasteiger partial charge on any atom is 0.338 e. The molecule has 0 N–H and O–H groups in total. The van der Waals surface area contributed by atoms with Crippen LogP contribution < -0.4 is 14.9 Å². The van der Waals surface area contributed by atoms with Crippen LogP contribution >= 0.6 is 23.1 Å². The van der Waals surface area contributed by atoms with Gasteiger partial charge in [0.1, 0.15) is 0 Å². The number of rotatable bonds is 7. The lowest BCUT2D eigenvalue weighted by Gasteiger charge is -2.25. The first-order chi connectivity index (χ1) is 19.2. The molecule has 9 nitrogen and oxygen atoms in total. The Hall–Kier alpha value is -4.22. The summed E-state index contributed by atoms with van der Waals surface area (Å²) in [6, 6.07) is 17.0. The van der Waals surface area contributed by atoms with Gasteiger partial charge in [0.15, 0.2) is 4.80 Å². The van der Waals surface area contributed by atoms with E-state index < -0.39 is 16.9 Å². The summed E-state index contributed by atoms with van der Waals surface area (Å²) in [5.74, 6) is -0.503. The van der Waals surface area contributed by atoms with Crippen LogP contribution in [0, 0.1) is 10.1 Å². The van der Waals surface area contributed by atoms with Crippen molar-refractivity contribution in [3.05, 3.63) is 119 Å². The molecule has 1 aliphatic rings. The van der Waals surface area contributed by atoms with Crippen molar-refractivity contribution in [3.63, 3.8) is 0 Å². The number of benzene rings is 2. The second kappa shape index (κ2) is 11.1. The highest BCUT2D eigenvalue weighted by Crippen LogP contribution is 2.32. The number of non-ortho nitro benzene ring substituents is 1. The number of hydrogen-bond donors (Lipinski definition) is 0. The standard InChI is InChI=1S/C29H26N4O5S2/c1-17(2)38-28(35)25-18(3)30-29-32(26(25)19-7-13-23(39-4)14-8-19)27(34)24(40-29)16-22-6-5-15-31(22)20-9-11-21(12-10-20)33(36)37/h5-17,26H,1-4H3/b24-16-/t26-/m0/s1. The Morgan fingerprint density at radius 2 is 1.85 bits per heavy atom. The van der Waals surface area contributed by atoms with Crippen LogP contribution in [0.2, 0.25) is 0 Å². The quantitative estimate of drug-likeness (QED) is 0.138. The number of nitrogens with zero attached hydrogens (tertiary/aromatic N) is 4. The Morgan fingerprint density at radius 1 is 1.15 bits per heavy atom. The molecule has 0 spiro atoms. The molecule has 1 aliphatic heterocycles. The number of nitro groups is 1. The van der Waals surface area contributed by atoms with E-state index in [1.807, 2.05) is 53.4 Å². The van der Waals surface area contributed by atoms with E-state index in [1.54, 1.807) is 55.3 Å². The van der Waals surface area contributed by atoms with Gasteiger partial charge in [-0.15, -0.1) is 11.8 Å². The Balaban J connectivity index is 1.65. The smallest absolute Gasteiger partial charge is 0.338 e. The second-order valence-electron chi connectivity index (χ2n) is 9.39. The van der Waals surface area contributed by atoms with Gasteiger partial charge < -0.3 is 9.30 Å². The fraction of sp³-hybridized carbons (Fsp3) is 0.207. The molecule has 0 amide bonds. The zero-order valence-corrected chi connectivity index (χ0v) is 23.9. The number of hydrogen-bond acceptors (Lipinski definition) is 8. The van der Waals surface area contributed by atoms with Crippen LogP contribution in [0.25, 0.3) is 11.8 Å². The lowest BCUT2D eigenvalue weighted by Crippen LogP contribution is -2.40. The fourth-order valence-electron chi connectivity index (χ4n) is 4.58. The van der Waals surface area contributed by atoms with Gasteiger partial charge in [0, 0.05) is 34.6 Å². The fourth-order valence-corrected chi connectivity index (χ4v) is 6.02. The van der Waals surface area contributed by atoms with Crippen molar-refractivity contribution < 1.29 is 14.5 Å². The van der Waals surface area contributed by atoms with E-state index in [1.165, 1.54) is 23.5 Å². The van der Waals surface area contributed by atoms with Gasteiger partial charge in [0.25, 0.3) is 11.2 Å². The van der Waals surface area contributed by atoms with Gasteiger partial charge in [-0.2, -0.15) is 0 Å². The molecule has 0 unspecified atom stereocenters. The van der Waals surface area contributed by atoms with E-state index in [-0.39, 0.29) is 17.4 Å². The van der Waals surface area contributed by atoms with Crippen molar-refractivity contribution >= 4 is 40.8 Å². The molecule has 0 saturated carbocycles. The van der Waals surface area contributed by atoms with Crippen molar-refractivity contribution in [3.8, 4) is 5.69 Å². The summed E-state index contributed by atoms with van der Waals surface area (Å²) in [6.07, 6.45) is 5.25. The van der Waals surface area contributed by atoms with E-state index in [2.05, 4.69) is 4.99 Å². The summed E-state index contributed by atoms with van der Waals surface area (Å²) in [5.41, 5.74) is 2.78. The highest BCUT2D eigenvalue weighted by atomic mass is 32.2. The Morgan fingerprint density at radius 3 is 2.48 bits per heavy atom. The summed E-state index contributed by atoms with van der Waals surface area (Å²) in [7, 11) is 0. The largest absolute Gasteiger partial charge is 0.459 e. The average molecular weight is 575 g/mol. The first-order valence-corrected chi connectivity index (χ1v) is 14.5. The van der Waals surface area contributed by atoms with E-state index in [4.69, 9.17) is 4.74 Å². The topological polar surface area (TPSA) is 109 Å². The first-order valence-electron chi connectivity index (χ1n) is 12.5. The minimum absolute atomic E-state index is 0.00139. The maximum absolute atomic E-state index is 13.9. The van der Waals surface area contributed by atoms with Gasteiger partial charge in [-0.25, -0.2) is 9.79 Å². The minimum atomic E-state index is -0.693. The molecule has 5 rings (SSSR count). The molecule has 2 aromatic heterocycles. The number of ether oxygens (including phenoxy) is 1. The van der Waals surface area contributed by atoms with Gasteiger partial charge in [-0.3, -0.25) is 19.5 Å². The van der Waals surface area contributed by atoms with Crippen LogP contribution in [0.1, 0.15) is 38.1 Å². The van der Waals surface area contributed by atoms with Crippen LogP contribution in [-0.4, -0.2) is 32.4 Å². The molecule has 0 bridgehead atoms.